The van der Waals surface area contributed by atoms with Crippen LogP contribution in [-0.4, -0.2) is 15.0 Å². The van der Waals surface area contributed by atoms with Crippen molar-refractivity contribution in [2.75, 3.05) is 0 Å². The lowest BCUT2D eigenvalue weighted by atomic mass is 9.89. The van der Waals surface area contributed by atoms with E-state index in [0.29, 0.717) is 5.82 Å². The molecule has 0 fully saturated rings. The Balaban J connectivity index is 1.01. The van der Waals surface area contributed by atoms with Gasteiger partial charge in [-0.2, -0.15) is 0 Å². The minimum absolute atomic E-state index is 0.700. The highest BCUT2D eigenvalue weighted by atomic mass is 14.9. The van der Waals surface area contributed by atoms with Crippen LogP contribution < -0.4 is 0 Å². The largest absolute Gasteiger partial charge is 0.265 e. The number of fused-ring (bicyclic) bond motifs is 4. The molecule has 0 aliphatic carbocycles. The monoisotopic (exact) mass is 687 g/mol. The van der Waals surface area contributed by atoms with E-state index in [9.17, 15) is 0 Å². The van der Waals surface area contributed by atoms with Crippen LogP contribution in [0.25, 0.3) is 99.6 Å². The Morgan fingerprint density at radius 1 is 0.278 bits per heavy atom. The molecule has 54 heavy (non-hydrogen) atoms. The van der Waals surface area contributed by atoms with E-state index in [0.717, 1.165) is 44.8 Å². The Morgan fingerprint density at radius 3 is 1.61 bits per heavy atom. The summed E-state index contributed by atoms with van der Waals surface area (Å²) >= 11 is 0. The van der Waals surface area contributed by atoms with Gasteiger partial charge in [-0.25, -0.2) is 9.97 Å². The van der Waals surface area contributed by atoms with Crippen molar-refractivity contribution in [3.05, 3.63) is 200 Å². The van der Waals surface area contributed by atoms with Gasteiger partial charge in [0.1, 0.15) is 0 Å². The maximum Gasteiger partial charge on any atom is 0.160 e. The maximum atomic E-state index is 5.08. The first kappa shape index (κ1) is 31.5. The summed E-state index contributed by atoms with van der Waals surface area (Å²) in [4.78, 5) is 14.3. The van der Waals surface area contributed by atoms with Crippen LogP contribution in [0.2, 0.25) is 0 Å². The van der Waals surface area contributed by atoms with Gasteiger partial charge in [0.05, 0.1) is 11.4 Å². The first-order chi connectivity index (χ1) is 26.7. The Labute approximate surface area is 313 Å². The molecule has 0 saturated heterocycles. The van der Waals surface area contributed by atoms with Crippen molar-refractivity contribution in [2.24, 2.45) is 0 Å². The zero-order valence-corrected chi connectivity index (χ0v) is 29.4. The van der Waals surface area contributed by atoms with Crippen molar-refractivity contribution >= 4 is 32.3 Å². The molecule has 0 radical (unpaired) electrons. The van der Waals surface area contributed by atoms with Gasteiger partial charge in [0.2, 0.25) is 0 Å². The van der Waals surface area contributed by atoms with Gasteiger partial charge in [-0.05, 0) is 96.0 Å². The number of nitrogens with zero attached hydrogens (tertiary/aromatic N) is 3. The van der Waals surface area contributed by atoms with Crippen LogP contribution in [0, 0.1) is 0 Å². The van der Waals surface area contributed by atoms with Crippen molar-refractivity contribution in [3.8, 4) is 67.3 Å². The van der Waals surface area contributed by atoms with Crippen molar-refractivity contribution < 1.29 is 0 Å². The van der Waals surface area contributed by atoms with E-state index in [1.54, 1.807) is 0 Å². The summed E-state index contributed by atoms with van der Waals surface area (Å²) in [5.41, 5.74) is 11.9. The Bertz CT molecular complexity index is 2950. The number of rotatable bonds is 6. The van der Waals surface area contributed by atoms with Gasteiger partial charge in [-0.3, -0.25) is 4.98 Å². The molecule has 0 aliphatic rings. The lowest BCUT2D eigenvalue weighted by Gasteiger charge is -2.14. The number of aromatic nitrogens is 3. The van der Waals surface area contributed by atoms with Crippen LogP contribution in [0.4, 0.5) is 0 Å². The number of hydrogen-bond donors (Lipinski definition) is 0. The van der Waals surface area contributed by atoms with E-state index in [-0.39, 0.29) is 0 Å². The standard InChI is InChI=1S/C51H33N3/c1-2-10-40(11-3-1)51-53-48(33-49(54-51)43-14-8-13-41(31-43)36-27-29-52-30-28-36)38-21-17-34(18-22-38)35-19-23-39(24-20-35)50-45-16-7-5-12-42(45)32-47-44-15-6-4-9-37(44)25-26-46(47)50/h1-33H. The molecule has 0 saturated carbocycles. The van der Waals surface area contributed by atoms with Crippen LogP contribution in [0.1, 0.15) is 0 Å². The van der Waals surface area contributed by atoms with Crippen LogP contribution in [0.5, 0.6) is 0 Å². The van der Waals surface area contributed by atoms with Crippen molar-refractivity contribution in [1.82, 2.24) is 15.0 Å². The SMILES string of the molecule is c1ccc(-c2nc(-c3ccc(-c4ccc(-c5c6ccccc6cc6c5ccc5ccccc56)cc4)cc3)cc(-c3cccc(-c4ccncc4)c3)n2)cc1. The molecule has 2 aromatic heterocycles. The van der Waals surface area contributed by atoms with E-state index in [2.05, 4.69) is 163 Å². The molecule has 0 bridgehead atoms. The first-order valence-corrected chi connectivity index (χ1v) is 18.2. The number of pyridine rings is 1. The normalized spacial score (nSPS) is 11.3. The highest BCUT2D eigenvalue weighted by molar-refractivity contribution is 6.20. The molecule has 0 aliphatic heterocycles. The molecule has 3 nitrogen and oxygen atoms in total. The lowest BCUT2D eigenvalue weighted by molar-refractivity contribution is 1.18. The topological polar surface area (TPSA) is 38.7 Å². The van der Waals surface area contributed by atoms with E-state index in [1.165, 1.54) is 49.0 Å². The van der Waals surface area contributed by atoms with Gasteiger partial charge in [0.15, 0.2) is 5.82 Å². The van der Waals surface area contributed by atoms with Gasteiger partial charge in [-0.1, -0.05) is 158 Å². The fraction of sp³-hybridized carbons (Fsp3) is 0. The fourth-order valence-corrected chi connectivity index (χ4v) is 7.66. The van der Waals surface area contributed by atoms with E-state index >= 15 is 0 Å². The van der Waals surface area contributed by atoms with E-state index < -0.39 is 0 Å². The predicted molar refractivity (Wildman–Crippen MR) is 225 cm³/mol. The molecule has 3 heteroatoms. The highest BCUT2D eigenvalue weighted by Crippen LogP contribution is 2.40. The second-order valence-corrected chi connectivity index (χ2v) is 13.7. The summed E-state index contributed by atoms with van der Waals surface area (Å²) in [6, 6.07) is 66.9. The third-order valence-corrected chi connectivity index (χ3v) is 10.4. The van der Waals surface area contributed by atoms with E-state index in [1.807, 2.05) is 42.7 Å². The Morgan fingerprint density at radius 2 is 0.852 bits per heavy atom. The van der Waals surface area contributed by atoms with Crippen LogP contribution in [0.3, 0.4) is 0 Å². The van der Waals surface area contributed by atoms with Crippen molar-refractivity contribution in [3.63, 3.8) is 0 Å². The molecule has 10 rings (SSSR count). The second-order valence-electron chi connectivity index (χ2n) is 13.7. The maximum absolute atomic E-state index is 5.08. The minimum atomic E-state index is 0.700. The molecule has 0 spiro atoms. The summed E-state index contributed by atoms with van der Waals surface area (Å²) in [7, 11) is 0. The predicted octanol–water partition coefficient (Wildman–Crippen LogP) is 13.3. The quantitative estimate of drug-likeness (QED) is 0.129. The molecule has 8 aromatic carbocycles. The van der Waals surface area contributed by atoms with Gasteiger partial charge in [0.25, 0.3) is 0 Å². The van der Waals surface area contributed by atoms with Crippen molar-refractivity contribution in [2.45, 2.75) is 0 Å². The Kier molecular flexibility index (Phi) is 7.81. The first-order valence-electron chi connectivity index (χ1n) is 18.2. The molecule has 0 unspecified atom stereocenters. The molecule has 10 aromatic rings. The summed E-state index contributed by atoms with van der Waals surface area (Å²) in [6.45, 7) is 0. The summed E-state index contributed by atoms with van der Waals surface area (Å²) in [5, 5.41) is 7.61. The zero-order chi connectivity index (χ0) is 35.8. The third-order valence-electron chi connectivity index (χ3n) is 10.4. The zero-order valence-electron chi connectivity index (χ0n) is 29.4. The average molecular weight is 688 g/mol. The second kappa shape index (κ2) is 13.4. The van der Waals surface area contributed by atoms with Crippen LogP contribution in [0.15, 0.2) is 200 Å². The molecule has 0 N–H and O–H groups in total. The van der Waals surface area contributed by atoms with E-state index in [4.69, 9.17) is 9.97 Å². The van der Waals surface area contributed by atoms with Gasteiger partial charge in [0, 0.05) is 29.1 Å². The van der Waals surface area contributed by atoms with Crippen LogP contribution >= 0.6 is 0 Å². The fourth-order valence-electron chi connectivity index (χ4n) is 7.66. The average Bonchev–Trinajstić information content (AvgIpc) is 3.26. The van der Waals surface area contributed by atoms with Gasteiger partial charge >= 0.3 is 0 Å². The van der Waals surface area contributed by atoms with Crippen LogP contribution in [-0.2, 0) is 0 Å². The molecular formula is C51H33N3. The van der Waals surface area contributed by atoms with Gasteiger partial charge in [-0.15, -0.1) is 0 Å². The molecule has 252 valence electrons. The third kappa shape index (κ3) is 5.78. The van der Waals surface area contributed by atoms with Gasteiger partial charge < -0.3 is 0 Å². The molecular weight excluding hydrogens is 655 g/mol. The number of benzene rings is 8. The molecule has 2 heterocycles. The minimum Gasteiger partial charge on any atom is -0.265 e. The summed E-state index contributed by atoms with van der Waals surface area (Å²) in [5.74, 6) is 0.700. The number of hydrogen-bond acceptors (Lipinski definition) is 3. The summed E-state index contributed by atoms with van der Waals surface area (Å²) < 4.78 is 0. The summed E-state index contributed by atoms with van der Waals surface area (Å²) in [6.07, 6.45) is 3.65. The molecule has 0 amide bonds. The lowest BCUT2D eigenvalue weighted by Crippen LogP contribution is -1.96. The smallest absolute Gasteiger partial charge is 0.160 e. The highest BCUT2D eigenvalue weighted by Gasteiger charge is 2.14. The molecule has 0 atom stereocenters. The Hall–Kier alpha value is -7.23. The van der Waals surface area contributed by atoms with Crippen molar-refractivity contribution in [1.29, 1.82) is 0 Å².